The molecule has 1 unspecified atom stereocenters. The van der Waals surface area contributed by atoms with Gasteiger partial charge in [0.05, 0.1) is 5.92 Å². The number of carbonyl (C=O) groups is 3. The second kappa shape index (κ2) is 9.42. The van der Waals surface area contributed by atoms with Gasteiger partial charge in [0.2, 0.25) is 11.8 Å². The maximum absolute atomic E-state index is 13.0. The molecule has 32 heavy (non-hydrogen) atoms. The van der Waals surface area contributed by atoms with Gasteiger partial charge in [-0.2, -0.15) is 0 Å². The Morgan fingerprint density at radius 3 is 2.16 bits per heavy atom. The number of carbonyl (C=O) groups excluding carboxylic acids is 3. The van der Waals surface area contributed by atoms with Crippen molar-refractivity contribution in [3.05, 3.63) is 65.7 Å². The fourth-order valence-corrected chi connectivity index (χ4v) is 4.37. The van der Waals surface area contributed by atoms with Crippen molar-refractivity contribution in [2.75, 3.05) is 51.7 Å². The van der Waals surface area contributed by atoms with Gasteiger partial charge >= 0.3 is 0 Å². The van der Waals surface area contributed by atoms with Gasteiger partial charge in [-0.05, 0) is 29.8 Å². The topological polar surface area (TPSA) is 64.2 Å². The average molecular weight is 435 g/mol. The van der Waals surface area contributed by atoms with Crippen LogP contribution in [0, 0.1) is 5.92 Å². The number of piperazine rings is 1. The van der Waals surface area contributed by atoms with E-state index < -0.39 is 0 Å². The van der Waals surface area contributed by atoms with Gasteiger partial charge in [-0.3, -0.25) is 14.4 Å². The van der Waals surface area contributed by atoms with Crippen LogP contribution in [0.25, 0.3) is 0 Å². The third kappa shape index (κ3) is 4.77. The number of nitrogens with zero attached hydrogens (tertiary/aromatic N) is 4. The first-order chi connectivity index (χ1) is 15.4. The Morgan fingerprint density at radius 1 is 0.906 bits per heavy atom. The molecule has 2 heterocycles. The zero-order valence-corrected chi connectivity index (χ0v) is 18.7. The maximum atomic E-state index is 13.0. The molecule has 4 rings (SSSR count). The Kier molecular flexibility index (Phi) is 6.44. The molecule has 3 amide bonds. The average Bonchev–Trinajstić information content (AvgIpc) is 3.19. The molecule has 0 aromatic heterocycles. The number of rotatable bonds is 5. The van der Waals surface area contributed by atoms with Gasteiger partial charge in [-0.15, -0.1) is 0 Å². The molecule has 2 aromatic rings. The summed E-state index contributed by atoms with van der Waals surface area (Å²) in [5.74, 6) is -0.252. The van der Waals surface area contributed by atoms with E-state index in [2.05, 4.69) is 0 Å². The first-order valence-corrected chi connectivity index (χ1v) is 11.1. The van der Waals surface area contributed by atoms with E-state index >= 15 is 0 Å². The van der Waals surface area contributed by atoms with Crippen molar-refractivity contribution >= 4 is 23.4 Å². The lowest BCUT2D eigenvalue weighted by Crippen LogP contribution is -2.52. The molecule has 0 bridgehead atoms. The van der Waals surface area contributed by atoms with E-state index in [1.807, 2.05) is 78.5 Å². The standard InChI is InChI=1S/C25H30N4O3/c1-26(2)22-10-8-20(9-11-22)24(31)27-12-14-28(15-13-27)25(32)21-16-23(30)29(18-21)17-19-6-4-3-5-7-19/h3-11,21H,12-18H2,1-2H3. The van der Waals surface area contributed by atoms with Crippen molar-refractivity contribution in [1.82, 2.24) is 14.7 Å². The van der Waals surface area contributed by atoms with E-state index in [1.165, 1.54) is 0 Å². The number of anilines is 1. The molecular formula is C25H30N4O3. The summed E-state index contributed by atoms with van der Waals surface area (Å²) < 4.78 is 0. The second-order valence-electron chi connectivity index (χ2n) is 8.72. The first-order valence-electron chi connectivity index (χ1n) is 11.1. The van der Waals surface area contributed by atoms with Crippen LogP contribution in [0.15, 0.2) is 54.6 Å². The fourth-order valence-electron chi connectivity index (χ4n) is 4.37. The summed E-state index contributed by atoms with van der Waals surface area (Å²) in [6.45, 7) is 3.03. The lowest BCUT2D eigenvalue weighted by atomic mass is 10.1. The lowest BCUT2D eigenvalue weighted by molar-refractivity contribution is -0.137. The SMILES string of the molecule is CN(C)c1ccc(C(=O)N2CCN(C(=O)C3CC(=O)N(Cc4ccccc4)C3)CC2)cc1. The van der Waals surface area contributed by atoms with E-state index in [4.69, 9.17) is 0 Å². The number of hydrogen-bond donors (Lipinski definition) is 0. The number of benzene rings is 2. The molecule has 1 atom stereocenters. The lowest BCUT2D eigenvalue weighted by Gasteiger charge is -2.36. The van der Waals surface area contributed by atoms with E-state index in [1.54, 1.807) is 9.80 Å². The smallest absolute Gasteiger partial charge is 0.253 e. The molecule has 2 fully saturated rings. The third-order valence-electron chi connectivity index (χ3n) is 6.29. The molecule has 0 spiro atoms. The number of likely N-dealkylation sites (tertiary alicyclic amines) is 1. The van der Waals surface area contributed by atoms with Crippen LogP contribution in [-0.4, -0.2) is 79.2 Å². The Hall–Kier alpha value is -3.35. The highest BCUT2D eigenvalue weighted by molar-refractivity contribution is 5.95. The van der Waals surface area contributed by atoms with Crippen LogP contribution in [0.1, 0.15) is 22.3 Å². The minimum absolute atomic E-state index is 0.00696. The first kappa shape index (κ1) is 21.9. The zero-order valence-electron chi connectivity index (χ0n) is 18.7. The molecule has 168 valence electrons. The molecule has 0 radical (unpaired) electrons. The number of amides is 3. The van der Waals surface area contributed by atoms with Crippen LogP contribution in [0.4, 0.5) is 5.69 Å². The van der Waals surface area contributed by atoms with Crippen molar-refractivity contribution in [1.29, 1.82) is 0 Å². The highest BCUT2D eigenvalue weighted by atomic mass is 16.2. The van der Waals surface area contributed by atoms with E-state index in [9.17, 15) is 14.4 Å². The fraction of sp³-hybridized carbons (Fsp3) is 0.400. The normalized spacial score (nSPS) is 18.8. The van der Waals surface area contributed by atoms with Gasteiger partial charge in [0.25, 0.3) is 5.91 Å². The van der Waals surface area contributed by atoms with Crippen LogP contribution >= 0.6 is 0 Å². The van der Waals surface area contributed by atoms with Crippen molar-refractivity contribution in [2.24, 2.45) is 5.92 Å². The summed E-state index contributed by atoms with van der Waals surface area (Å²) in [4.78, 5) is 45.7. The highest BCUT2D eigenvalue weighted by Gasteiger charge is 2.37. The predicted octanol–water partition coefficient (Wildman–Crippen LogP) is 2.09. The minimum atomic E-state index is -0.299. The maximum Gasteiger partial charge on any atom is 0.253 e. The van der Waals surface area contributed by atoms with Gasteiger partial charge in [0, 0.05) is 71.0 Å². The van der Waals surface area contributed by atoms with E-state index in [0.29, 0.717) is 44.8 Å². The van der Waals surface area contributed by atoms with Crippen molar-refractivity contribution in [2.45, 2.75) is 13.0 Å². The minimum Gasteiger partial charge on any atom is -0.378 e. The van der Waals surface area contributed by atoms with Gasteiger partial charge in [-0.1, -0.05) is 30.3 Å². The van der Waals surface area contributed by atoms with Crippen LogP contribution in [0.2, 0.25) is 0 Å². The summed E-state index contributed by atoms with van der Waals surface area (Å²) in [5, 5.41) is 0. The monoisotopic (exact) mass is 434 g/mol. The summed E-state index contributed by atoms with van der Waals surface area (Å²) in [6, 6.07) is 17.4. The Bertz CT molecular complexity index is 966. The highest BCUT2D eigenvalue weighted by Crippen LogP contribution is 2.23. The molecule has 0 N–H and O–H groups in total. The van der Waals surface area contributed by atoms with Crippen LogP contribution in [0.3, 0.4) is 0 Å². The van der Waals surface area contributed by atoms with Crippen LogP contribution in [-0.2, 0) is 16.1 Å². The van der Waals surface area contributed by atoms with Gasteiger partial charge < -0.3 is 19.6 Å². The van der Waals surface area contributed by atoms with Gasteiger partial charge in [-0.25, -0.2) is 0 Å². The Labute approximate surface area is 189 Å². The molecular weight excluding hydrogens is 404 g/mol. The van der Waals surface area contributed by atoms with Crippen LogP contribution < -0.4 is 4.90 Å². The molecule has 2 aromatic carbocycles. The van der Waals surface area contributed by atoms with Crippen molar-refractivity contribution in [3.8, 4) is 0 Å². The summed E-state index contributed by atoms with van der Waals surface area (Å²) in [7, 11) is 3.93. The predicted molar refractivity (Wildman–Crippen MR) is 123 cm³/mol. The second-order valence-corrected chi connectivity index (χ2v) is 8.72. The van der Waals surface area contributed by atoms with Crippen molar-refractivity contribution < 1.29 is 14.4 Å². The third-order valence-corrected chi connectivity index (χ3v) is 6.29. The van der Waals surface area contributed by atoms with Gasteiger partial charge in [0.15, 0.2) is 0 Å². The molecule has 2 saturated heterocycles. The Morgan fingerprint density at radius 2 is 1.53 bits per heavy atom. The summed E-state index contributed by atoms with van der Waals surface area (Å²) in [5.41, 5.74) is 2.78. The molecule has 2 aliphatic heterocycles. The number of hydrogen-bond acceptors (Lipinski definition) is 4. The van der Waals surface area contributed by atoms with Crippen LogP contribution in [0.5, 0.6) is 0 Å². The van der Waals surface area contributed by atoms with Gasteiger partial charge in [0.1, 0.15) is 0 Å². The zero-order chi connectivity index (χ0) is 22.7. The van der Waals surface area contributed by atoms with Crippen molar-refractivity contribution in [3.63, 3.8) is 0 Å². The quantitative estimate of drug-likeness (QED) is 0.723. The molecule has 0 saturated carbocycles. The summed E-state index contributed by atoms with van der Waals surface area (Å²) >= 11 is 0. The largest absolute Gasteiger partial charge is 0.378 e. The molecule has 2 aliphatic rings. The summed E-state index contributed by atoms with van der Waals surface area (Å²) in [6.07, 6.45) is 0.267. The molecule has 7 heteroatoms. The van der Waals surface area contributed by atoms with E-state index in [0.717, 1.165) is 11.3 Å². The van der Waals surface area contributed by atoms with E-state index in [-0.39, 0.29) is 30.1 Å². The Balaban J connectivity index is 1.29. The molecule has 0 aliphatic carbocycles. The molecule has 7 nitrogen and oxygen atoms in total.